The lowest BCUT2D eigenvalue weighted by Crippen LogP contribution is -2.60. The molecule has 1 saturated heterocycles. The highest BCUT2D eigenvalue weighted by Gasteiger charge is 2.62. The van der Waals surface area contributed by atoms with E-state index in [9.17, 15) is 4.79 Å². The Hall–Kier alpha value is -0.610. The molecule has 1 heterocycles. The summed E-state index contributed by atoms with van der Waals surface area (Å²) in [7, 11) is 0. The molecule has 0 aromatic heterocycles. The van der Waals surface area contributed by atoms with Gasteiger partial charge in [-0.3, -0.25) is 4.79 Å². The molecule has 4 saturated carbocycles. The van der Waals surface area contributed by atoms with Gasteiger partial charge in [-0.2, -0.15) is 0 Å². The number of nitrogens with one attached hydrogen (secondary N) is 2. The zero-order valence-electron chi connectivity index (χ0n) is 15.6. The van der Waals surface area contributed by atoms with Crippen molar-refractivity contribution < 1.29 is 4.79 Å². The second-order valence-corrected chi connectivity index (χ2v) is 10.1. The van der Waals surface area contributed by atoms with Gasteiger partial charge in [-0.05, 0) is 68.2 Å². The van der Waals surface area contributed by atoms with E-state index in [1.807, 2.05) is 0 Å². The van der Waals surface area contributed by atoms with Crippen LogP contribution in [0.3, 0.4) is 0 Å². The predicted molar refractivity (Wildman–Crippen MR) is 96.8 cm³/mol. The van der Waals surface area contributed by atoms with Crippen LogP contribution in [0.25, 0.3) is 0 Å². The van der Waals surface area contributed by atoms with Gasteiger partial charge in [0.1, 0.15) is 0 Å². The average Bonchev–Trinajstić information content (AvgIpc) is 2.49. The van der Waals surface area contributed by atoms with E-state index in [1.54, 1.807) is 0 Å². The van der Waals surface area contributed by atoms with Gasteiger partial charge in [-0.25, -0.2) is 0 Å². The van der Waals surface area contributed by atoms with Crippen LogP contribution in [0.15, 0.2) is 0 Å². The summed E-state index contributed by atoms with van der Waals surface area (Å²) in [5, 5.41) is 6.73. The van der Waals surface area contributed by atoms with Gasteiger partial charge in [0.25, 0.3) is 0 Å². The first-order chi connectivity index (χ1) is 11.4. The molecule has 136 valence electrons. The number of amides is 1. The summed E-state index contributed by atoms with van der Waals surface area (Å²) >= 11 is 0. The second-order valence-electron chi connectivity index (χ2n) is 10.1. The third-order valence-electron chi connectivity index (χ3n) is 7.25. The van der Waals surface area contributed by atoms with Crippen molar-refractivity contribution in [3.05, 3.63) is 0 Å². The van der Waals surface area contributed by atoms with Gasteiger partial charge in [0.15, 0.2) is 0 Å². The maximum Gasteiger partial charge on any atom is 0.226 e. The lowest BCUT2D eigenvalue weighted by molar-refractivity contribution is -0.170. The minimum atomic E-state index is -0.0437. The first kappa shape index (κ1) is 16.8. The summed E-state index contributed by atoms with van der Waals surface area (Å²) < 4.78 is 0. The van der Waals surface area contributed by atoms with Crippen LogP contribution in [0.5, 0.6) is 0 Å². The Kier molecular flexibility index (Phi) is 4.20. The van der Waals surface area contributed by atoms with E-state index >= 15 is 0 Å². The van der Waals surface area contributed by atoms with Crippen LogP contribution in [0.1, 0.15) is 58.8 Å². The molecule has 2 N–H and O–H groups in total. The zero-order valence-corrected chi connectivity index (χ0v) is 15.6. The lowest BCUT2D eigenvalue weighted by atomic mass is 9.40. The first-order valence-corrected chi connectivity index (χ1v) is 10.1. The Morgan fingerprint density at radius 2 is 1.75 bits per heavy atom. The first-order valence-electron chi connectivity index (χ1n) is 10.1. The highest BCUT2D eigenvalue weighted by atomic mass is 16.2. The van der Waals surface area contributed by atoms with Crippen molar-refractivity contribution in [1.29, 1.82) is 0 Å². The molecule has 5 rings (SSSR count). The summed E-state index contributed by atoms with van der Waals surface area (Å²) in [5.74, 6) is 1.17. The summed E-state index contributed by atoms with van der Waals surface area (Å²) in [5.41, 5.74) is 0.802. The van der Waals surface area contributed by atoms with Crippen molar-refractivity contribution in [3.8, 4) is 0 Å². The van der Waals surface area contributed by atoms with Crippen molar-refractivity contribution in [3.63, 3.8) is 0 Å². The van der Waals surface area contributed by atoms with Crippen LogP contribution in [0.2, 0.25) is 0 Å². The SMILES string of the molecule is CC12CC3CC(C)(C1)CC(C(=O)NCCCN1CCNCC1)(C3)C2. The normalized spacial score (nSPS) is 44.7. The molecule has 0 aromatic carbocycles. The molecule has 2 atom stereocenters. The van der Waals surface area contributed by atoms with E-state index in [0.29, 0.717) is 16.7 Å². The topological polar surface area (TPSA) is 44.4 Å². The van der Waals surface area contributed by atoms with Crippen LogP contribution in [-0.2, 0) is 4.79 Å². The smallest absolute Gasteiger partial charge is 0.226 e. The fraction of sp³-hybridized carbons (Fsp3) is 0.950. The molecular formula is C20H35N3O. The fourth-order valence-electron chi connectivity index (χ4n) is 7.33. The van der Waals surface area contributed by atoms with Crippen LogP contribution in [-0.4, -0.2) is 50.1 Å². The molecule has 0 radical (unpaired) electrons. The number of rotatable bonds is 5. The molecular weight excluding hydrogens is 298 g/mol. The van der Waals surface area contributed by atoms with Gasteiger partial charge in [-0.1, -0.05) is 13.8 Å². The molecule has 4 aliphatic carbocycles. The van der Waals surface area contributed by atoms with Crippen LogP contribution in [0.4, 0.5) is 0 Å². The maximum atomic E-state index is 13.1. The molecule has 4 bridgehead atoms. The number of nitrogens with zero attached hydrogens (tertiary/aromatic N) is 1. The number of hydrogen-bond acceptors (Lipinski definition) is 3. The van der Waals surface area contributed by atoms with E-state index in [-0.39, 0.29) is 5.41 Å². The Morgan fingerprint density at radius 3 is 2.38 bits per heavy atom. The summed E-state index contributed by atoms with van der Waals surface area (Å²) in [6.45, 7) is 11.4. The molecule has 0 aromatic rings. The highest BCUT2D eigenvalue weighted by molar-refractivity contribution is 5.83. The van der Waals surface area contributed by atoms with Crippen molar-refractivity contribution in [2.45, 2.75) is 58.8 Å². The molecule has 24 heavy (non-hydrogen) atoms. The third-order valence-corrected chi connectivity index (χ3v) is 7.25. The summed E-state index contributed by atoms with van der Waals surface area (Å²) in [6, 6.07) is 0. The van der Waals surface area contributed by atoms with E-state index < -0.39 is 0 Å². The third kappa shape index (κ3) is 3.12. The Balaban J connectivity index is 1.31. The molecule has 5 aliphatic rings. The fourth-order valence-corrected chi connectivity index (χ4v) is 7.33. The van der Waals surface area contributed by atoms with Crippen molar-refractivity contribution in [2.24, 2.45) is 22.2 Å². The average molecular weight is 334 g/mol. The minimum Gasteiger partial charge on any atom is -0.356 e. The highest BCUT2D eigenvalue weighted by Crippen LogP contribution is 2.69. The Labute approximate surface area is 147 Å². The summed E-state index contributed by atoms with van der Waals surface area (Å²) in [6.07, 6.45) is 8.57. The van der Waals surface area contributed by atoms with Gasteiger partial charge in [-0.15, -0.1) is 0 Å². The van der Waals surface area contributed by atoms with Crippen LogP contribution < -0.4 is 10.6 Å². The quantitative estimate of drug-likeness (QED) is 0.759. The molecule has 0 spiro atoms. The predicted octanol–water partition coefficient (Wildman–Crippen LogP) is 2.39. The summed E-state index contributed by atoms with van der Waals surface area (Å²) in [4.78, 5) is 15.6. The number of hydrogen-bond donors (Lipinski definition) is 2. The molecule has 2 unspecified atom stereocenters. The number of carbonyl (C=O) groups is 1. The van der Waals surface area contributed by atoms with E-state index in [0.717, 1.165) is 70.9 Å². The van der Waals surface area contributed by atoms with Crippen molar-refractivity contribution >= 4 is 5.91 Å². The standard InChI is InChI=1S/C20H35N3O/c1-18-10-16-11-19(2,13-18)15-20(12-16,14-18)17(24)22-4-3-7-23-8-5-21-6-9-23/h16,21H,3-15H2,1-2H3,(H,22,24). The molecule has 4 heteroatoms. The Morgan fingerprint density at radius 1 is 1.08 bits per heavy atom. The van der Waals surface area contributed by atoms with Gasteiger partial charge in [0.2, 0.25) is 5.91 Å². The van der Waals surface area contributed by atoms with Crippen molar-refractivity contribution in [1.82, 2.24) is 15.5 Å². The van der Waals surface area contributed by atoms with Gasteiger partial charge >= 0.3 is 0 Å². The molecule has 5 fully saturated rings. The van der Waals surface area contributed by atoms with Gasteiger partial charge in [0, 0.05) is 32.7 Å². The van der Waals surface area contributed by atoms with Gasteiger partial charge < -0.3 is 15.5 Å². The molecule has 4 nitrogen and oxygen atoms in total. The number of carbonyl (C=O) groups excluding carboxylic acids is 1. The van der Waals surface area contributed by atoms with E-state index in [1.165, 1.54) is 19.3 Å². The largest absolute Gasteiger partial charge is 0.356 e. The minimum absolute atomic E-state index is 0.0437. The zero-order chi connectivity index (χ0) is 16.8. The molecule has 1 amide bonds. The van der Waals surface area contributed by atoms with Gasteiger partial charge in [0.05, 0.1) is 5.41 Å². The van der Waals surface area contributed by atoms with E-state index in [2.05, 4.69) is 29.4 Å². The molecule has 1 aliphatic heterocycles. The van der Waals surface area contributed by atoms with E-state index in [4.69, 9.17) is 0 Å². The monoisotopic (exact) mass is 333 g/mol. The maximum absolute atomic E-state index is 13.1. The Bertz CT molecular complexity index is 481. The lowest BCUT2D eigenvalue weighted by Gasteiger charge is -2.64. The van der Waals surface area contributed by atoms with Crippen LogP contribution >= 0.6 is 0 Å². The van der Waals surface area contributed by atoms with Crippen LogP contribution in [0, 0.1) is 22.2 Å². The van der Waals surface area contributed by atoms with Crippen molar-refractivity contribution in [2.75, 3.05) is 39.3 Å². The number of piperazine rings is 1. The second kappa shape index (κ2) is 5.98.